The smallest absolute Gasteiger partial charge is 0.275 e. The number of carbonyl (C=O) groups excluding carboxylic acids is 1. The Morgan fingerprint density at radius 2 is 1.67 bits per heavy atom. The van der Waals surface area contributed by atoms with E-state index in [9.17, 15) is 15.0 Å². The van der Waals surface area contributed by atoms with E-state index in [0.717, 1.165) is 16.8 Å². The van der Waals surface area contributed by atoms with Crippen molar-refractivity contribution in [3.63, 3.8) is 0 Å². The molecule has 6 nitrogen and oxygen atoms in total. The van der Waals surface area contributed by atoms with E-state index in [1.165, 1.54) is 29.5 Å². The van der Waals surface area contributed by atoms with Gasteiger partial charge < -0.3 is 14.8 Å². The predicted molar refractivity (Wildman–Crippen MR) is 116 cm³/mol. The molecule has 0 fully saturated rings. The number of hydrogen-bond donors (Lipinski definition) is 3. The largest absolute Gasteiger partial charge is 0.508 e. The van der Waals surface area contributed by atoms with Crippen LogP contribution in [0.2, 0.25) is 0 Å². The van der Waals surface area contributed by atoms with Crippen molar-refractivity contribution in [3.05, 3.63) is 100 Å². The molecule has 4 rings (SSSR count). The predicted octanol–water partition coefficient (Wildman–Crippen LogP) is 3.92. The molecular weight excluding hydrogens is 398 g/mol. The summed E-state index contributed by atoms with van der Waals surface area (Å²) in [4.78, 5) is 13.1. The normalized spacial score (nSPS) is 11.4. The fourth-order valence-corrected chi connectivity index (χ4v) is 3.91. The second-order valence-electron chi connectivity index (χ2n) is 6.60. The number of nitrogens with zero attached hydrogens (tertiary/aromatic N) is 2. The van der Waals surface area contributed by atoms with Crippen LogP contribution in [-0.2, 0) is 6.54 Å². The average molecular weight is 417 g/mol. The van der Waals surface area contributed by atoms with Gasteiger partial charge >= 0.3 is 0 Å². The molecule has 0 aliphatic carbocycles. The van der Waals surface area contributed by atoms with Crippen LogP contribution < -0.4 is 10.2 Å². The van der Waals surface area contributed by atoms with E-state index >= 15 is 0 Å². The van der Waals surface area contributed by atoms with Crippen LogP contribution in [-0.4, -0.2) is 20.7 Å². The zero-order valence-electron chi connectivity index (χ0n) is 15.9. The number of thiazole rings is 1. The molecule has 1 amide bonds. The first-order chi connectivity index (χ1) is 14.6. The molecule has 0 saturated heterocycles. The van der Waals surface area contributed by atoms with Crippen LogP contribution in [0.25, 0.3) is 11.3 Å². The molecule has 0 atom stereocenters. The number of rotatable bonds is 5. The van der Waals surface area contributed by atoms with Gasteiger partial charge in [0, 0.05) is 5.38 Å². The van der Waals surface area contributed by atoms with E-state index < -0.39 is 5.91 Å². The fourth-order valence-electron chi connectivity index (χ4n) is 3.04. The quantitative estimate of drug-likeness (QED) is 0.340. The molecule has 0 aliphatic heterocycles. The third-order valence-corrected chi connectivity index (χ3v) is 5.39. The summed E-state index contributed by atoms with van der Waals surface area (Å²) in [7, 11) is 0. The minimum absolute atomic E-state index is 0.0480. The second kappa shape index (κ2) is 8.67. The molecule has 0 bridgehead atoms. The summed E-state index contributed by atoms with van der Waals surface area (Å²) in [5.74, 6) is -0.947. The SMILES string of the molecule is O=C(N/N=c1/scc(-c2ccccc2)n1Cc1ccccc1)c1cc(O)ccc1O. The van der Waals surface area contributed by atoms with Crippen molar-refractivity contribution in [1.82, 2.24) is 9.99 Å². The number of phenolic OH excluding ortho intramolecular Hbond substituents is 2. The fraction of sp³-hybridized carbons (Fsp3) is 0.0435. The number of phenols is 2. The van der Waals surface area contributed by atoms with E-state index in [2.05, 4.69) is 10.5 Å². The Morgan fingerprint density at radius 3 is 2.40 bits per heavy atom. The van der Waals surface area contributed by atoms with E-state index in [-0.39, 0.29) is 17.1 Å². The molecule has 0 saturated carbocycles. The summed E-state index contributed by atoms with van der Waals surface area (Å²) in [5, 5.41) is 25.8. The molecule has 7 heteroatoms. The number of aromatic nitrogens is 1. The lowest BCUT2D eigenvalue weighted by Crippen LogP contribution is -2.25. The van der Waals surface area contributed by atoms with E-state index in [1.54, 1.807) is 0 Å². The Morgan fingerprint density at radius 1 is 0.967 bits per heavy atom. The highest BCUT2D eigenvalue weighted by Gasteiger charge is 2.13. The summed E-state index contributed by atoms with van der Waals surface area (Å²) < 4.78 is 2.03. The number of aromatic hydroxyl groups is 2. The Bertz CT molecular complexity index is 1230. The number of benzene rings is 3. The molecule has 150 valence electrons. The molecular formula is C23H19N3O3S. The van der Waals surface area contributed by atoms with Crippen LogP contribution in [0.5, 0.6) is 11.5 Å². The molecule has 0 spiro atoms. The van der Waals surface area contributed by atoms with Crippen LogP contribution >= 0.6 is 11.3 Å². The third-order valence-electron chi connectivity index (χ3n) is 4.53. The van der Waals surface area contributed by atoms with Gasteiger partial charge in [-0.2, -0.15) is 0 Å². The monoisotopic (exact) mass is 417 g/mol. The molecule has 0 aliphatic rings. The Hall–Kier alpha value is -3.84. The molecule has 1 heterocycles. The van der Waals surface area contributed by atoms with Crippen LogP contribution in [0, 0.1) is 0 Å². The lowest BCUT2D eigenvalue weighted by molar-refractivity contribution is 0.0950. The summed E-state index contributed by atoms with van der Waals surface area (Å²) in [5.41, 5.74) is 5.56. The Kier molecular flexibility index (Phi) is 5.63. The van der Waals surface area contributed by atoms with Crippen molar-refractivity contribution in [2.45, 2.75) is 6.54 Å². The molecule has 0 radical (unpaired) electrons. The number of hydrogen-bond acceptors (Lipinski definition) is 5. The summed E-state index contributed by atoms with van der Waals surface area (Å²) >= 11 is 1.40. The second-order valence-corrected chi connectivity index (χ2v) is 7.43. The molecule has 3 aromatic carbocycles. The van der Waals surface area contributed by atoms with Gasteiger partial charge in [0.2, 0.25) is 4.80 Å². The van der Waals surface area contributed by atoms with Gasteiger partial charge in [-0.3, -0.25) is 4.79 Å². The van der Waals surface area contributed by atoms with Crippen LogP contribution in [0.15, 0.2) is 89.3 Å². The maximum atomic E-state index is 12.5. The summed E-state index contributed by atoms with van der Waals surface area (Å²) in [6, 6.07) is 23.7. The van der Waals surface area contributed by atoms with Gasteiger partial charge in [0.15, 0.2) is 0 Å². The van der Waals surface area contributed by atoms with Crippen molar-refractivity contribution < 1.29 is 15.0 Å². The topological polar surface area (TPSA) is 86.9 Å². The van der Waals surface area contributed by atoms with Crippen molar-refractivity contribution in [3.8, 4) is 22.8 Å². The van der Waals surface area contributed by atoms with Gasteiger partial charge in [-0.05, 0) is 29.3 Å². The van der Waals surface area contributed by atoms with Gasteiger partial charge in [0.25, 0.3) is 5.91 Å². The maximum Gasteiger partial charge on any atom is 0.275 e. The van der Waals surface area contributed by atoms with Gasteiger partial charge in [-0.1, -0.05) is 60.7 Å². The molecule has 0 unspecified atom stereocenters. The first-order valence-electron chi connectivity index (χ1n) is 9.25. The highest BCUT2D eigenvalue weighted by molar-refractivity contribution is 7.07. The minimum atomic E-state index is -0.607. The number of nitrogens with one attached hydrogen (secondary N) is 1. The van der Waals surface area contributed by atoms with Crippen molar-refractivity contribution in [2.24, 2.45) is 5.10 Å². The highest BCUT2D eigenvalue weighted by Crippen LogP contribution is 2.22. The number of carbonyl (C=O) groups is 1. The summed E-state index contributed by atoms with van der Waals surface area (Å²) in [6.45, 7) is 0.584. The first-order valence-corrected chi connectivity index (χ1v) is 10.1. The molecule has 30 heavy (non-hydrogen) atoms. The van der Waals surface area contributed by atoms with Gasteiger partial charge in [-0.25, -0.2) is 5.43 Å². The van der Waals surface area contributed by atoms with Crippen LogP contribution in [0.1, 0.15) is 15.9 Å². The Balaban J connectivity index is 1.71. The lowest BCUT2D eigenvalue weighted by Gasteiger charge is -2.09. The van der Waals surface area contributed by atoms with E-state index in [0.29, 0.717) is 11.3 Å². The highest BCUT2D eigenvalue weighted by atomic mass is 32.1. The van der Waals surface area contributed by atoms with Crippen LogP contribution in [0.3, 0.4) is 0 Å². The van der Waals surface area contributed by atoms with Crippen molar-refractivity contribution in [1.29, 1.82) is 0 Å². The molecule has 1 aromatic heterocycles. The number of amides is 1. The van der Waals surface area contributed by atoms with Gasteiger partial charge in [0.05, 0.1) is 17.8 Å². The third kappa shape index (κ3) is 4.26. The average Bonchev–Trinajstić information content (AvgIpc) is 3.17. The van der Waals surface area contributed by atoms with Gasteiger partial charge in [-0.15, -0.1) is 16.4 Å². The van der Waals surface area contributed by atoms with E-state index in [4.69, 9.17) is 0 Å². The standard InChI is InChI=1S/C23H19N3O3S/c27-18-11-12-21(28)19(13-18)22(29)24-25-23-26(14-16-7-3-1-4-8-16)20(15-30-23)17-9-5-2-6-10-17/h1-13,15,27-28H,14H2,(H,24,29)/b25-23+. The van der Waals surface area contributed by atoms with Crippen molar-refractivity contribution in [2.75, 3.05) is 0 Å². The van der Waals surface area contributed by atoms with Crippen molar-refractivity contribution >= 4 is 17.2 Å². The van der Waals surface area contributed by atoms with Gasteiger partial charge in [0.1, 0.15) is 11.5 Å². The summed E-state index contributed by atoms with van der Waals surface area (Å²) in [6.07, 6.45) is 0. The maximum absolute atomic E-state index is 12.5. The zero-order chi connectivity index (χ0) is 20.9. The Labute approximate surface area is 177 Å². The minimum Gasteiger partial charge on any atom is -0.508 e. The van der Waals surface area contributed by atoms with E-state index in [1.807, 2.05) is 70.6 Å². The molecule has 3 N–H and O–H groups in total. The zero-order valence-corrected chi connectivity index (χ0v) is 16.7. The molecule has 4 aromatic rings. The van der Waals surface area contributed by atoms with Crippen LogP contribution in [0.4, 0.5) is 0 Å². The lowest BCUT2D eigenvalue weighted by atomic mass is 10.1. The first kappa shape index (κ1) is 19.5.